The van der Waals surface area contributed by atoms with Crippen LogP contribution in [0.25, 0.3) is 21.9 Å². The summed E-state index contributed by atoms with van der Waals surface area (Å²) in [5.74, 6) is 0.0151. The number of ether oxygens (including phenoxy) is 3. The van der Waals surface area contributed by atoms with Gasteiger partial charge >= 0.3 is 12.2 Å². The predicted octanol–water partition coefficient (Wildman–Crippen LogP) is 6.00. The molecular formula is C27H30FN5O5. The number of anilines is 3. The molecule has 3 aromatic rings. The molecule has 11 heteroatoms. The number of hydrogen-bond acceptors (Lipinski definition) is 8. The first-order valence-corrected chi connectivity index (χ1v) is 12.6. The van der Waals surface area contributed by atoms with Crippen LogP contribution in [0.2, 0.25) is 0 Å². The average molecular weight is 524 g/mol. The Bertz CT molecular complexity index is 1420. The van der Waals surface area contributed by atoms with Crippen molar-refractivity contribution in [3.8, 4) is 17.0 Å². The summed E-state index contributed by atoms with van der Waals surface area (Å²) in [6, 6.07) is 3.23. The van der Waals surface area contributed by atoms with Gasteiger partial charge < -0.3 is 19.5 Å². The van der Waals surface area contributed by atoms with Crippen LogP contribution < -0.4 is 20.7 Å². The molecule has 3 N–H and O–H groups in total. The standard InChI is InChI=1S/C27H30FN5O5/c1-14-18(12-31-24-22(14)29-8-9-36-24)17-10-15-11-20(32-25(34)37-16-6-5-7-16)30-13-19(15)23(21(17)28)33-26(35)38-27(2,3)4/h10-13,16,29H,5-9H2,1-4H3,(H,33,35)(H,30,32,34). The van der Waals surface area contributed by atoms with Gasteiger partial charge in [0.15, 0.2) is 5.82 Å². The smallest absolute Gasteiger partial charge is 0.413 e. The van der Waals surface area contributed by atoms with Crippen molar-refractivity contribution >= 4 is 40.2 Å². The zero-order valence-corrected chi connectivity index (χ0v) is 21.7. The van der Waals surface area contributed by atoms with Crippen molar-refractivity contribution in [2.75, 3.05) is 29.1 Å². The molecule has 1 aliphatic heterocycles. The molecular weight excluding hydrogens is 493 g/mol. The van der Waals surface area contributed by atoms with Crippen molar-refractivity contribution in [1.29, 1.82) is 0 Å². The predicted molar refractivity (Wildman–Crippen MR) is 141 cm³/mol. The van der Waals surface area contributed by atoms with Crippen molar-refractivity contribution in [1.82, 2.24) is 9.97 Å². The minimum absolute atomic E-state index is 0.0853. The third kappa shape index (κ3) is 5.27. The van der Waals surface area contributed by atoms with Crippen molar-refractivity contribution in [2.45, 2.75) is 58.7 Å². The number of benzene rings is 1. The highest BCUT2D eigenvalue weighted by Gasteiger charge is 2.25. The summed E-state index contributed by atoms with van der Waals surface area (Å²) in [4.78, 5) is 33.5. The molecule has 3 heterocycles. The molecule has 2 amide bonds. The third-order valence-corrected chi connectivity index (χ3v) is 6.38. The maximum atomic E-state index is 16.1. The van der Waals surface area contributed by atoms with Crippen LogP contribution in [-0.4, -0.2) is 47.0 Å². The fourth-order valence-electron chi connectivity index (χ4n) is 4.33. The maximum Gasteiger partial charge on any atom is 0.413 e. The van der Waals surface area contributed by atoms with Gasteiger partial charge in [0.1, 0.15) is 29.8 Å². The van der Waals surface area contributed by atoms with Crippen molar-refractivity contribution in [2.24, 2.45) is 0 Å². The number of fused-ring (bicyclic) bond motifs is 2. The molecule has 0 unspecified atom stereocenters. The zero-order valence-electron chi connectivity index (χ0n) is 21.7. The van der Waals surface area contributed by atoms with E-state index < -0.39 is 23.6 Å². The summed E-state index contributed by atoms with van der Waals surface area (Å²) in [5.41, 5.74) is 1.28. The molecule has 1 aliphatic carbocycles. The van der Waals surface area contributed by atoms with E-state index in [1.54, 1.807) is 39.1 Å². The molecule has 0 spiro atoms. The summed E-state index contributed by atoms with van der Waals surface area (Å²) < 4.78 is 32.5. The normalized spacial score (nSPS) is 15.0. The Morgan fingerprint density at radius 1 is 1.11 bits per heavy atom. The lowest BCUT2D eigenvalue weighted by Gasteiger charge is -2.25. The van der Waals surface area contributed by atoms with Gasteiger partial charge in [-0.25, -0.2) is 23.9 Å². The minimum atomic E-state index is -0.809. The van der Waals surface area contributed by atoms with Crippen LogP contribution in [0.5, 0.6) is 5.88 Å². The molecule has 0 radical (unpaired) electrons. The molecule has 0 saturated heterocycles. The summed E-state index contributed by atoms with van der Waals surface area (Å²) in [6.45, 7) is 8.09. The van der Waals surface area contributed by atoms with E-state index in [-0.39, 0.29) is 23.2 Å². The number of aromatic nitrogens is 2. The van der Waals surface area contributed by atoms with Crippen molar-refractivity contribution < 1.29 is 28.2 Å². The molecule has 10 nitrogen and oxygen atoms in total. The van der Waals surface area contributed by atoms with Crippen LogP contribution in [0, 0.1) is 12.7 Å². The molecule has 1 fully saturated rings. The fraction of sp³-hybridized carbons (Fsp3) is 0.407. The SMILES string of the molecule is Cc1c(-c2cc3cc(NC(=O)OC4CCC4)ncc3c(NC(=O)OC(C)(C)C)c2F)cnc2c1NCCO2. The Labute approximate surface area is 219 Å². The quantitative estimate of drug-likeness (QED) is 0.381. The second-order valence-corrected chi connectivity index (χ2v) is 10.4. The Hall–Kier alpha value is -4.15. The van der Waals surface area contributed by atoms with Gasteiger partial charge in [-0.05, 0) is 70.0 Å². The lowest BCUT2D eigenvalue weighted by Crippen LogP contribution is -2.28. The zero-order chi connectivity index (χ0) is 27.0. The second kappa shape index (κ2) is 9.96. The van der Waals surface area contributed by atoms with Crippen LogP contribution in [0.4, 0.5) is 31.2 Å². The van der Waals surface area contributed by atoms with Crippen LogP contribution >= 0.6 is 0 Å². The molecule has 1 aromatic carbocycles. The van der Waals surface area contributed by atoms with Crippen molar-refractivity contribution in [3.05, 3.63) is 35.9 Å². The number of carbonyl (C=O) groups is 2. The molecule has 5 rings (SSSR count). The van der Waals surface area contributed by atoms with Gasteiger partial charge in [0, 0.05) is 35.5 Å². The first-order valence-electron chi connectivity index (χ1n) is 12.6. The molecule has 200 valence electrons. The van der Waals surface area contributed by atoms with Gasteiger partial charge in [0.25, 0.3) is 0 Å². The number of rotatable bonds is 4. The highest BCUT2D eigenvalue weighted by atomic mass is 19.1. The van der Waals surface area contributed by atoms with Gasteiger partial charge in [-0.15, -0.1) is 0 Å². The Morgan fingerprint density at radius 2 is 1.89 bits per heavy atom. The van der Waals surface area contributed by atoms with E-state index in [4.69, 9.17) is 14.2 Å². The maximum absolute atomic E-state index is 16.1. The second-order valence-electron chi connectivity index (χ2n) is 10.4. The lowest BCUT2D eigenvalue weighted by molar-refractivity contribution is 0.0619. The van der Waals surface area contributed by atoms with Crippen LogP contribution in [-0.2, 0) is 9.47 Å². The minimum Gasteiger partial charge on any atom is -0.474 e. The Kier molecular flexibility index (Phi) is 6.68. The molecule has 1 saturated carbocycles. The number of halogens is 1. The first-order chi connectivity index (χ1) is 18.1. The van der Waals surface area contributed by atoms with E-state index in [0.29, 0.717) is 41.1 Å². The number of nitrogens with one attached hydrogen (secondary N) is 3. The number of carbonyl (C=O) groups excluding carboxylic acids is 2. The highest BCUT2D eigenvalue weighted by molar-refractivity contribution is 6.04. The van der Waals surface area contributed by atoms with Gasteiger partial charge in [-0.1, -0.05) is 0 Å². The molecule has 2 aromatic heterocycles. The Balaban J connectivity index is 1.58. The van der Waals surface area contributed by atoms with E-state index in [9.17, 15) is 9.59 Å². The molecule has 38 heavy (non-hydrogen) atoms. The topological polar surface area (TPSA) is 124 Å². The van der Waals surface area contributed by atoms with E-state index in [0.717, 1.165) is 24.8 Å². The van der Waals surface area contributed by atoms with E-state index in [2.05, 4.69) is 25.9 Å². The van der Waals surface area contributed by atoms with Crippen LogP contribution in [0.3, 0.4) is 0 Å². The largest absolute Gasteiger partial charge is 0.474 e. The summed E-state index contributed by atoms with van der Waals surface area (Å²) in [6.07, 6.45) is 4.16. The lowest BCUT2D eigenvalue weighted by atomic mass is 9.96. The summed E-state index contributed by atoms with van der Waals surface area (Å²) in [5, 5.41) is 9.31. The number of nitrogens with zero attached hydrogens (tertiary/aromatic N) is 2. The van der Waals surface area contributed by atoms with Crippen molar-refractivity contribution in [3.63, 3.8) is 0 Å². The average Bonchev–Trinajstić information content (AvgIpc) is 2.82. The number of pyridine rings is 2. The van der Waals surface area contributed by atoms with E-state index in [1.165, 1.54) is 6.20 Å². The van der Waals surface area contributed by atoms with E-state index >= 15 is 4.39 Å². The first kappa shape index (κ1) is 25.5. The fourth-order valence-corrected chi connectivity index (χ4v) is 4.33. The molecule has 0 atom stereocenters. The van der Waals surface area contributed by atoms with Gasteiger partial charge in [0.05, 0.1) is 5.69 Å². The summed E-state index contributed by atoms with van der Waals surface area (Å²) >= 11 is 0. The van der Waals surface area contributed by atoms with Gasteiger partial charge in [-0.3, -0.25) is 10.6 Å². The number of hydrogen-bond donors (Lipinski definition) is 3. The third-order valence-electron chi connectivity index (χ3n) is 6.38. The monoisotopic (exact) mass is 523 g/mol. The highest BCUT2D eigenvalue weighted by Crippen LogP contribution is 2.40. The molecule has 0 bridgehead atoms. The van der Waals surface area contributed by atoms with Crippen LogP contribution in [0.15, 0.2) is 24.5 Å². The van der Waals surface area contributed by atoms with Gasteiger partial charge in [-0.2, -0.15) is 0 Å². The van der Waals surface area contributed by atoms with Crippen LogP contribution in [0.1, 0.15) is 45.6 Å². The molecule has 2 aliphatic rings. The Morgan fingerprint density at radius 3 is 2.61 bits per heavy atom. The van der Waals surface area contributed by atoms with Gasteiger partial charge in [0.2, 0.25) is 5.88 Å². The van der Waals surface area contributed by atoms with E-state index in [1.807, 2.05) is 6.92 Å². The number of amides is 2. The summed E-state index contributed by atoms with van der Waals surface area (Å²) in [7, 11) is 0.